The second kappa shape index (κ2) is 6.87. The van der Waals surface area contributed by atoms with E-state index in [0.29, 0.717) is 34.0 Å². The summed E-state index contributed by atoms with van der Waals surface area (Å²) in [6, 6.07) is 0. The van der Waals surface area contributed by atoms with Crippen molar-refractivity contribution in [2.24, 2.45) is 56.7 Å². The molecule has 0 bridgehead atoms. The van der Waals surface area contributed by atoms with Gasteiger partial charge in [-0.2, -0.15) is 0 Å². The van der Waals surface area contributed by atoms with E-state index in [4.69, 9.17) is 0 Å². The molecule has 5 aliphatic carbocycles. The molecule has 0 unspecified atom stereocenters. The Balaban J connectivity index is 1.55. The normalized spacial score (nSPS) is 58.8. The molecule has 0 saturated heterocycles. The Labute approximate surface area is 197 Å². The predicted molar refractivity (Wildman–Crippen MR) is 132 cm³/mol. The van der Waals surface area contributed by atoms with Gasteiger partial charge in [-0.05, 0) is 121 Å². The van der Waals surface area contributed by atoms with Gasteiger partial charge in [0.15, 0.2) is 0 Å². The molecule has 0 aromatic rings. The minimum absolute atomic E-state index is 0.118. The van der Waals surface area contributed by atoms with Crippen molar-refractivity contribution in [2.45, 2.75) is 118 Å². The fourth-order valence-electron chi connectivity index (χ4n) is 11.6. The predicted octanol–water partition coefficient (Wildman–Crippen LogP) is 7.00. The smallest absolute Gasteiger partial charge is 0.0852 e. The van der Waals surface area contributed by atoms with Crippen molar-refractivity contribution < 1.29 is 10.2 Å². The van der Waals surface area contributed by atoms with Gasteiger partial charge in [-0.1, -0.05) is 53.7 Å². The van der Waals surface area contributed by atoms with Crippen LogP contribution in [0.15, 0.2) is 12.2 Å². The summed E-state index contributed by atoms with van der Waals surface area (Å²) in [6.45, 7) is 21.6. The Kier molecular flexibility index (Phi) is 5.02. The fraction of sp³-hybridized carbons (Fsp3) is 0.933. The van der Waals surface area contributed by atoms with E-state index in [9.17, 15) is 10.2 Å². The zero-order valence-corrected chi connectivity index (χ0v) is 22.0. The van der Waals surface area contributed by atoms with Crippen LogP contribution in [0.5, 0.6) is 0 Å². The molecular formula is C30H50O2. The molecule has 2 heteroatoms. The lowest BCUT2D eigenvalue weighted by Crippen LogP contribution is -2.68. The first-order chi connectivity index (χ1) is 14.7. The number of hydrogen-bond acceptors (Lipinski definition) is 2. The largest absolute Gasteiger partial charge is 0.390 e. The first-order valence-corrected chi connectivity index (χ1v) is 13.7. The second-order valence-corrected chi connectivity index (χ2v) is 14.9. The van der Waals surface area contributed by atoms with Crippen molar-refractivity contribution in [3.8, 4) is 0 Å². The van der Waals surface area contributed by atoms with E-state index in [-0.39, 0.29) is 10.8 Å². The van der Waals surface area contributed by atoms with E-state index in [1.807, 2.05) is 0 Å². The van der Waals surface area contributed by atoms with Gasteiger partial charge in [0.05, 0.1) is 12.2 Å². The van der Waals surface area contributed by atoms with Crippen molar-refractivity contribution in [2.75, 3.05) is 0 Å². The lowest BCUT2D eigenvalue weighted by Gasteiger charge is -2.73. The Morgan fingerprint density at radius 2 is 1.47 bits per heavy atom. The lowest BCUT2D eigenvalue weighted by molar-refractivity contribution is -0.262. The molecule has 5 aliphatic rings. The van der Waals surface area contributed by atoms with Gasteiger partial charge < -0.3 is 10.2 Å². The molecule has 0 aliphatic heterocycles. The maximum atomic E-state index is 11.0. The quantitative estimate of drug-likeness (QED) is 0.429. The van der Waals surface area contributed by atoms with Gasteiger partial charge in [0, 0.05) is 0 Å². The topological polar surface area (TPSA) is 40.5 Å². The highest BCUT2D eigenvalue weighted by Crippen LogP contribution is 2.77. The summed E-state index contributed by atoms with van der Waals surface area (Å²) in [6.07, 6.45) is 10.2. The van der Waals surface area contributed by atoms with Gasteiger partial charge in [-0.25, -0.2) is 0 Å². The van der Waals surface area contributed by atoms with Crippen LogP contribution in [0.25, 0.3) is 0 Å². The molecule has 2 N–H and O–H groups in total. The van der Waals surface area contributed by atoms with Crippen LogP contribution in [-0.4, -0.2) is 22.4 Å². The third-order valence-corrected chi connectivity index (χ3v) is 13.4. The maximum absolute atomic E-state index is 11.0. The van der Waals surface area contributed by atoms with Crippen LogP contribution in [0, 0.1) is 56.7 Å². The average molecular weight is 443 g/mol. The lowest BCUT2D eigenvalue weighted by atomic mass is 9.32. The van der Waals surface area contributed by atoms with E-state index in [0.717, 1.165) is 18.3 Å². The van der Waals surface area contributed by atoms with Crippen molar-refractivity contribution in [3.05, 3.63) is 12.2 Å². The molecule has 0 heterocycles. The SMILES string of the molecule is C=C(C)[C@@H]1CC[C@]2(C)CC[C@]3(C)[C@@H](CC[C@H]4[C@@]5(C)C[C@H](O)[C@H](O)C(C)(C)[C@@H]5CC[C@]43C)[C@@H]12. The molecule has 32 heavy (non-hydrogen) atoms. The molecule has 11 atom stereocenters. The second-order valence-electron chi connectivity index (χ2n) is 14.9. The van der Waals surface area contributed by atoms with Crippen LogP contribution in [0.3, 0.4) is 0 Å². The zero-order valence-electron chi connectivity index (χ0n) is 22.0. The molecule has 0 aromatic heterocycles. The van der Waals surface area contributed by atoms with Crippen LogP contribution in [-0.2, 0) is 0 Å². The fourth-order valence-corrected chi connectivity index (χ4v) is 11.6. The van der Waals surface area contributed by atoms with Crippen LogP contribution in [0.1, 0.15) is 106 Å². The molecule has 0 radical (unpaired) electrons. The Morgan fingerprint density at radius 1 is 0.781 bits per heavy atom. The molecule has 5 rings (SSSR count). The van der Waals surface area contributed by atoms with Gasteiger partial charge in [-0.3, -0.25) is 0 Å². The number of aliphatic hydroxyl groups is 2. The number of allylic oxidation sites excluding steroid dienone is 1. The van der Waals surface area contributed by atoms with E-state index in [1.165, 1.54) is 56.9 Å². The van der Waals surface area contributed by atoms with Gasteiger partial charge in [0.2, 0.25) is 0 Å². The monoisotopic (exact) mass is 442 g/mol. The summed E-state index contributed by atoms with van der Waals surface area (Å²) in [4.78, 5) is 0. The minimum atomic E-state index is -0.595. The third kappa shape index (κ3) is 2.66. The van der Waals surface area contributed by atoms with Gasteiger partial charge in [0.1, 0.15) is 0 Å². The molecule has 0 amide bonds. The molecular weight excluding hydrogens is 392 g/mol. The highest BCUT2D eigenvalue weighted by molar-refractivity contribution is 5.21. The van der Waals surface area contributed by atoms with E-state index >= 15 is 0 Å². The number of hydrogen-bond donors (Lipinski definition) is 2. The average Bonchev–Trinajstić information content (AvgIpc) is 3.05. The highest BCUT2D eigenvalue weighted by Gasteiger charge is 2.70. The van der Waals surface area contributed by atoms with Gasteiger partial charge >= 0.3 is 0 Å². The van der Waals surface area contributed by atoms with Crippen LogP contribution >= 0.6 is 0 Å². The van der Waals surface area contributed by atoms with Gasteiger partial charge in [0.25, 0.3) is 0 Å². The molecule has 0 aromatic carbocycles. The Morgan fingerprint density at radius 3 is 2.12 bits per heavy atom. The van der Waals surface area contributed by atoms with Crippen molar-refractivity contribution in [1.29, 1.82) is 0 Å². The van der Waals surface area contributed by atoms with Crippen LogP contribution in [0.4, 0.5) is 0 Å². The first-order valence-electron chi connectivity index (χ1n) is 13.7. The summed E-state index contributed by atoms with van der Waals surface area (Å²) in [5.41, 5.74) is 2.53. The molecule has 5 fully saturated rings. The van der Waals surface area contributed by atoms with Crippen LogP contribution < -0.4 is 0 Å². The maximum Gasteiger partial charge on any atom is 0.0852 e. The number of fused-ring (bicyclic) bond motifs is 7. The van der Waals surface area contributed by atoms with Crippen molar-refractivity contribution in [3.63, 3.8) is 0 Å². The van der Waals surface area contributed by atoms with E-state index in [1.54, 1.807) is 0 Å². The number of aliphatic hydroxyl groups excluding tert-OH is 2. The molecule has 0 spiro atoms. The summed E-state index contributed by atoms with van der Waals surface area (Å²) in [5.74, 6) is 3.46. The highest BCUT2D eigenvalue weighted by atomic mass is 16.3. The van der Waals surface area contributed by atoms with E-state index in [2.05, 4.69) is 55.0 Å². The third-order valence-electron chi connectivity index (χ3n) is 13.4. The summed E-state index contributed by atoms with van der Waals surface area (Å²) >= 11 is 0. The van der Waals surface area contributed by atoms with E-state index < -0.39 is 12.2 Å². The Hall–Kier alpha value is -0.340. The minimum Gasteiger partial charge on any atom is -0.390 e. The number of rotatable bonds is 1. The molecule has 182 valence electrons. The Bertz CT molecular complexity index is 801. The standard InChI is InChI=1S/C30H50O2/c1-18(2)19-11-13-27(5)15-16-29(7)20(24(19)27)9-10-23-28(6)17-21(31)25(32)26(3,4)22(28)12-14-30(23,29)8/h19-25,31-32H,1,9-17H2,2-8H3/t19-,20-,21-,22-,23-,24+,25-,27+,28-,29+,30+/m0/s1. The first kappa shape index (κ1) is 23.4. The molecule has 5 saturated carbocycles. The van der Waals surface area contributed by atoms with Crippen molar-refractivity contribution >= 4 is 0 Å². The summed E-state index contributed by atoms with van der Waals surface area (Å²) < 4.78 is 0. The van der Waals surface area contributed by atoms with Crippen LogP contribution in [0.2, 0.25) is 0 Å². The summed E-state index contributed by atoms with van der Waals surface area (Å²) in [5, 5.41) is 21.9. The molecule has 2 nitrogen and oxygen atoms in total. The van der Waals surface area contributed by atoms with Crippen molar-refractivity contribution in [1.82, 2.24) is 0 Å². The zero-order chi connectivity index (χ0) is 23.5. The summed E-state index contributed by atoms with van der Waals surface area (Å²) in [7, 11) is 0. The van der Waals surface area contributed by atoms with Gasteiger partial charge in [-0.15, -0.1) is 0 Å².